The molecule has 1 aromatic heterocycles. The van der Waals surface area contributed by atoms with Crippen molar-refractivity contribution in [2.45, 2.75) is 52.7 Å². The molecule has 160 valence electrons. The van der Waals surface area contributed by atoms with Crippen LogP contribution in [-0.4, -0.2) is 52.6 Å². The Morgan fingerprint density at radius 3 is 2.79 bits per heavy atom. The number of likely N-dealkylation sites (N-methyl/N-ethyl adjacent to an activating group) is 1. The lowest BCUT2D eigenvalue weighted by molar-refractivity contribution is 0.267. The maximum atomic E-state index is 4.81. The van der Waals surface area contributed by atoms with Crippen LogP contribution in [0.2, 0.25) is 0 Å². The molecule has 6 nitrogen and oxygen atoms in total. The van der Waals surface area contributed by atoms with Gasteiger partial charge in [-0.05, 0) is 50.9 Å². The first kappa shape index (κ1) is 23.7. The van der Waals surface area contributed by atoms with Crippen molar-refractivity contribution >= 4 is 29.9 Å². The number of nitrogens with zero attached hydrogens (tertiary/aromatic N) is 4. The van der Waals surface area contributed by atoms with Gasteiger partial charge in [0.05, 0.1) is 6.54 Å². The molecule has 2 N–H and O–H groups in total. The smallest absolute Gasteiger partial charge is 0.191 e. The van der Waals surface area contributed by atoms with Gasteiger partial charge < -0.3 is 15.2 Å². The molecule has 1 aliphatic heterocycles. The second kappa shape index (κ2) is 12.2. The third kappa shape index (κ3) is 6.99. The lowest BCUT2D eigenvalue weighted by Crippen LogP contribution is -2.44. The summed E-state index contributed by atoms with van der Waals surface area (Å²) in [6.45, 7) is 12.1. The first-order chi connectivity index (χ1) is 13.7. The average molecular weight is 510 g/mol. The van der Waals surface area contributed by atoms with Gasteiger partial charge in [-0.3, -0.25) is 4.90 Å². The van der Waals surface area contributed by atoms with Gasteiger partial charge in [0.2, 0.25) is 0 Å². The van der Waals surface area contributed by atoms with Crippen molar-refractivity contribution in [3.8, 4) is 0 Å². The molecule has 2 aromatic rings. The van der Waals surface area contributed by atoms with Gasteiger partial charge in [0, 0.05) is 38.1 Å². The second-order valence-electron chi connectivity index (χ2n) is 7.42. The van der Waals surface area contributed by atoms with Crippen LogP contribution in [0.4, 0.5) is 0 Å². The molecular formula is C22H35IN6. The Hall–Kier alpha value is -1.61. The van der Waals surface area contributed by atoms with E-state index < -0.39 is 0 Å². The molecule has 1 unspecified atom stereocenters. The highest BCUT2D eigenvalue weighted by atomic mass is 127. The SMILES string of the molecule is CCNC(=NCc1cccc(Cn2ccnc2C)c1)NCC1CCCN1CC.I. The molecule has 1 atom stereocenters. The number of likely N-dealkylation sites (tertiary alicyclic amines) is 1. The summed E-state index contributed by atoms with van der Waals surface area (Å²) in [5, 5.41) is 6.92. The number of aryl methyl sites for hydroxylation is 1. The quantitative estimate of drug-likeness (QED) is 0.325. The molecule has 2 heterocycles. The summed E-state index contributed by atoms with van der Waals surface area (Å²) in [6.07, 6.45) is 6.45. The summed E-state index contributed by atoms with van der Waals surface area (Å²) < 4.78 is 2.16. The van der Waals surface area contributed by atoms with E-state index in [2.05, 4.69) is 63.2 Å². The predicted molar refractivity (Wildman–Crippen MR) is 131 cm³/mol. The van der Waals surface area contributed by atoms with Crippen LogP contribution in [0.1, 0.15) is 43.6 Å². The van der Waals surface area contributed by atoms with E-state index >= 15 is 0 Å². The number of imidazole rings is 1. The molecule has 0 bridgehead atoms. The molecule has 0 amide bonds. The van der Waals surface area contributed by atoms with E-state index in [1.807, 2.05) is 19.3 Å². The summed E-state index contributed by atoms with van der Waals surface area (Å²) in [4.78, 5) is 11.7. The molecule has 0 saturated carbocycles. The molecule has 1 saturated heterocycles. The molecule has 3 rings (SSSR count). The van der Waals surface area contributed by atoms with Gasteiger partial charge in [-0.15, -0.1) is 24.0 Å². The standard InChI is InChI=1S/C22H34N6.HI/c1-4-23-22(26-16-21-10-7-12-27(21)5-2)25-15-19-8-6-9-20(14-19)17-28-13-11-24-18(28)3;/h6,8-9,11,13-14,21H,4-5,7,10,12,15-17H2,1-3H3,(H2,23,25,26);1H. The van der Waals surface area contributed by atoms with E-state index in [-0.39, 0.29) is 24.0 Å². The fourth-order valence-corrected chi connectivity index (χ4v) is 3.86. The molecule has 0 aliphatic carbocycles. The van der Waals surface area contributed by atoms with Gasteiger partial charge in [-0.1, -0.05) is 31.2 Å². The number of nitrogens with one attached hydrogen (secondary N) is 2. The van der Waals surface area contributed by atoms with Gasteiger partial charge in [0.25, 0.3) is 0 Å². The highest BCUT2D eigenvalue weighted by Gasteiger charge is 2.22. The molecule has 29 heavy (non-hydrogen) atoms. The zero-order valence-corrected chi connectivity index (χ0v) is 20.2. The Kier molecular flexibility index (Phi) is 9.93. The monoisotopic (exact) mass is 510 g/mol. The van der Waals surface area contributed by atoms with Gasteiger partial charge in [-0.2, -0.15) is 0 Å². The maximum Gasteiger partial charge on any atom is 0.191 e. The normalized spacial score (nSPS) is 17.2. The zero-order valence-electron chi connectivity index (χ0n) is 17.9. The zero-order chi connectivity index (χ0) is 19.8. The Labute approximate surface area is 192 Å². The van der Waals surface area contributed by atoms with Crippen molar-refractivity contribution in [3.05, 3.63) is 53.6 Å². The molecular weight excluding hydrogens is 475 g/mol. The Morgan fingerprint density at radius 1 is 1.24 bits per heavy atom. The largest absolute Gasteiger partial charge is 0.357 e. The van der Waals surface area contributed by atoms with Crippen LogP contribution in [0.3, 0.4) is 0 Å². The van der Waals surface area contributed by atoms with Crippen LogP contribution in [0.5, 0.6) is 0 Å². The molecule has 7 heteroatoms. The Bertz CT molecular complexity index is 772. The van der Waals surface area contributed by atoms with Crippen molar-refractivity contribution in [1.29, 1.82) is 0 Å². The average Bonchev–Trinajstić information content (AvgIpc) is 3.33. The Balaban J connectivity index is 0.00000300. The van der Waals surface area contributed by atoms with Crippen LogP contribution >= 0.6 is 24.0 Å². The fourth-order valence-electron chi connectivity index (χ4n) is 3.86. The van der Waals surface area contributed by atoms with Crippen LogP contribution in [0.25, 0.3) is 0 Å². The topological polar surface area (TPSA) is 57.5 Å². The number of aliphatic imine (C=N–C) groups is 1. The number of benzene rings is 1. The van der Waals surface area contributed by atoms with E-state index in [0.717, 1.165) is 38.0 Å². The summed E-state index contributed by atoms with van der Waals surface area (Å²) in [5.74, 6) is 1.94. The van der Waals surface area contributed by atoms with Crippen LogP contribution in [0.15, 0.2) is 41.7 Å². The third-order valence-electron chi connectivity index (χ3n) is 5.44. The van der Waals surface area contributed by atoms with Crippen LogP contribution in [-0.2, 0) is 13.1 Å². The van der Waals surface area contributed by atoms with Crippen molar-refractivity contribution in [3.63, 3.8) is 0 Å². The number of rotatable bonds is 8. The van der Waals surface area contributed by atoms with Gasteiger partial charge in [-0.25, -0.2) is 9.98 Å². The van der Waals surface area contributed by atoms with E-state index in [0.29, 0.717) is 12.6 Å². The number of halogens is 1. The van der Waals surface area contributed by atoms with Crippen molar-refractivity contribution in [2.24, 2.45) is 4.99 Å². The fraction of sp³-hybridized carbons (Fsp3) is 0.545. The minimum absolute atomic E-state index is 0. The van der Waals surface area contributed by atoms with E-state index in [1.54, 1.807) is 0 Å². The predicted octanol–water partition coefficient (Wildman–Crippen LogP) is 3.40. The molecule has 1 aromatic carbocycles. The second-order valence-corrected chi connectivity index (χ2v) is 7.42. The molecule has 0 radical (unpaired) electrons. The van der Waals surface area contributed by atoms with Crippen molar-refractivity contribution < 1.29 is 0 Å². The lowest BCUT2D eigenvalue weighted by Gasteiger charge is -2.24. The lowest BCUT2D eigenvalue weighted by atomic mass is 10.1. The number of hydrogen-bond donors (Lipinski definition) is 2. The van der Waals surface area contributed by atoms with Gasteiger partial charge in [0.15, 0.2) is 5.96 Å². The summed E-state index contributed by atoms with van der Waals surface area (Å²) in [5.41, 5.74) is 2.50. The van der Waals surface area contributed by atoms with Gasteiger partial charge in [0.1, 0.15) is 5.82 Å². The molecule has 1 fully saturated rings. The number of guanidine groups is 1. The van der Waals surface area contributed by atoms with E-state index in [4.69, 9.17) is 4.99 Å². The third-order valence-corrected chi connectivity index (χ3v) is 5.44. The van der Waals surface area contributed by atoms with Crippen LogP contribution in [0, 0.1) is 6.92 Å². The number of aromatic nitrogens is 2. The van der Waals surface area contributed by atoms with E-state index in [9.17, 15) is 0 Å². The minimum atomic E-state index is 0. The maximum absolute atomic E-state index is 4.81. The first-order valence-electron chi connectivity index (χ1n) is 10.5. The first-order valence-corrected chi connectivity index (χ1v) is 10.5. The van der Waals surface area contributed by atoms with Crippen molar-refractivity contribution in [1.82, 2.24) is 25.1 Å². The Morgan fingerprint density at radius 2 is 2.07 bits per heavy atom. The summed E-state index contributed by atoms with van der Waals surface area (Å²) in [7, 11) is 0. The summed E-state index contributed by atoms with van der Waals surface area (Å²) in [6, 6.07) is 9.28. The van der Waals surface area contributed by atoms with Gasteiger partial charge >= 0.3 is 0 Å². The number of hydrogen-bond acceptors (Lipinski definition) is 3. The van der Waals surface area contributed by atoms with Crippen LogP contribution < -0.4 is 10.6 Å². The highest BCUT2D eigenvalue weighted by molar-refractivity contribution is 14.0. The highest BCUT2D eigenvalue weighted by Crippen LogP contribution is 2.15. The van der Waals surface area contributed by atoms with E-state index in [1.165, 1.54) is 30.5 Å². The van der Waals surface area contributed by atoms with Crippen molar-refractivity contribution in [2.75, 3.05) is 26.2 Å². The molecule has 0 spiro atoms. The summed E-state index contributed by atoms with van der Waals surface area (Å²) >= 11 is 0. The molecule has 1 aliphatic rings. The minimum Gasteiger partial charge on any atom is -0.357 e.